The molecule has 2 saturated heterocycles. The van der Waals surface area contributed by atoms with Crippen molar-refractivity contribution in [1.29, 1.82) is 0 Å². The molecule has 144 valence electrons. The van der Waals surface area contributed by atoms with E-state index in [4.69, 9.17) is 4.42 Å². The van der Waals surface area contributed by atoms with Crippen LogP contribution in [0.2, 0.25) is 0 Å². The van der Waals surface area contributed by atoms with Crippen molar-refractivity contribution in [3.63, 3.8) is 0 Å². The van der Waals surface area contributed by atoms with Crippen molar-refractivity contribution in [1.82, 2.24) is 9.80 Å². The van der Waals surface area contributed by atoms with Crippen LogP contribution in [-0.4, -0.2) is 61.0 Å². The predicted molar refractivity (Wildman–Crippen MR) is 102 cm³/mol. The summed E-state index contributed by atoms with van der Waals surface area (Å²) < 4.78 is 19.3. The number of halogens is 1. The highest BCUT2D eigenvalue weighted by atomic mass is 19.1. The molecule has 2 aliphatic heterocycles. The average Bonchev–Trinajstić information content (AvgIpc) is 3.13. The summed E-state index contributed by atoms with van der Waals surface area (Å²) in [6.45, 7) is 5.13. The summed E-state index contributed by atoms with van der Waals surface area (Å²) in [5.41, 5.74) is 0.710. The Morgan fingerprint density at radius 1 is 0.963 bits per heavy atom. The van der Waals surface area contributed by atoms with Gasteiger partial charge in [0, 0.05) is 45.3 Å². The smallest absolute Gasteiger partial charge is 0.289 e. The van der Waals surface area contributed by atoms with E-state index in [1.54, 1.807) is 24.5 Å². The summed E-state index contributed by atoms with van der Waals surface area (Å²) in [6.07, 6.45) is 4.57. The highest BCUT2D eigenvalue weighted by Gasteiger charge is 2.28. The maximum Gasteiger partial charge on any atom is 0.289 e. The zero-order valence-corrected chi connectivity index (χ0v) is 15.5. The number of amides is 1. The average molecular weight is 371 g/mol. The van der Waals surface area contributed by atoms with Gasteiger partial charge in [-0.15, -0.1) is 0 Å². The molecule has 0 saturated carbocycles. The first-order chi connectivity index (χ1) is 13.2. The number of nitrogens with zero attached hydrogens (tertiary/aromatic N) is 3. The van der Waals surface area contributed by atoms with Crippen molar-refractivity contribution in [2.24, 2.45) is 0 Å². The molecule has 2 aromatic rings. The predicted octanol–water partition coefficient (Wildman–Crippen LogP) is 3.24. The van der Waals surface area contributed by atoms with Crippen LogP contribution in [0.4, 0.5) is 10.1 Å². The van der Waals surface area contributed by atoms with Gasteiger partial charge in [0.25, 0.3) is 5.91 Å². The number of hydrogen-bond donors (Lipinski definition) is 0. The number of carbonyl (C=O) groups excluding carboxylic acids is 1. The summed E-state index contributed by atoms with van der Waals surface area (Å²) >= 11 is 0. The molecule has 1 amide bonds. The largest absolute Gasteiger partial charge is 0.459 e. The van der Waals surface area contributed by atoms with Crippen LogP contribution < -0.4 is 4.90 Å². The summed E-state index contributed by atoms with van der Waals surface area (Å²) in [4.78, 5) is 19.1. The Hall–Kier alpha value is -2.34. The minimum absolute atomic E-state index is 0.0174. The van der Waals surface area contributed by atoms with Crippen molar-refractivity contribution in [3.05, 3.63) is 54.2 Å². The maximum atomic E-state index is 14.0. The van der Waals surface area contributed by atoms with Crippen LogP contribution in [0.5, 0.6) is 0 Å². The van der Waals surface area contributed by atoms with E-state index in [1.165, 1.54) is 6.07 Å². The minimum Gasteiger partial charge on any atom is -0.459 e. The molecule has 2 aliphatic rings. The molecule has 1 aromatic heterocycles. The van der Waals surface area contributed by atoms with Gasteiger partial charge in [0.05, 0.1) is 12.0 Å². The molecule has 0 N–H and O–H groups in total. The van der Waals surface area contributed by atoms with Gasteiger partial charge in [0.1, 0.15) is 5.82 Å². The van der Waals surface area contributed by atoms with Crippen molar-refractivity contribution in [3.8, 4) is 0 Å². The fraction of sp³-hybridized carbons (Fsp3) is 0.476. The molecule has 1 aromatic carbocycles. The van der Waals surface area contributed by atoms with Crippen LogP contribution in [0.1, 0.15) is 29.8 Å². The van der Waals surface area contributed by atoms with Crippen molar-refractivity contribution < 1.29 is 13.6 Å². The lowest BCUT2D eigenvalue weighted by atomic mass is 10.0. The van der Waals surface area contributed by atoms with Gasteiger partial charge in [-0.25, -0.2) is 4.39 Å². The van der Waals surface area contributed by atoms with E-state index in [-0.39, 0.29) is 11.7 Å². The zero-order chi connectivity index (χ0) is 18.6. The number of anilines is 1. The second kappa shape index (κ2) is 8.13. The van der Waals surface area contributed by atoms with Gasteiger partial charge in [0.2, 0.25) is 0 Å². The molecule has 0 aliphatic carbocycles. The van der Waals surface area contributed by atoms with E-state index in [2.05, 4.69) is 9.80 Å². The Bertz CT molecular complexity index is 757. The normalized spacial score (nSPS) is 19.9. The third kappa shape index (κ3) is 4.00. The van der Waals surface area contributed by atoms with Crippen molar-refractivity contribution in [2.75, 3.05) is 44.2 Å². The SMILES string of the molecule is O=C(c1ccco1)N1CCCN(C2CCN(c3ccccc3F)CC2)CC1. The quantitative estimate of drug-likeness (QED) is 0.831. The van der Waals surface area contributed by atoms with Gasteiger partial charge in [0.15, 0.2) is 5.76 Å². The molecule has 2 fully saturated rings. The van der Waals surface area contributed by atoms with E-state index in [1.807, 2.05) is 17.0 Å². The number of piperidine rings is 1. The molecular weight excluding hydrogens is 345 g/mol. The van der Waals surface area contributed by atoms with Crippen LogP contribution in [0, 0.1) is 5.82 Å². The Morgan fingerprint density at radius 3 is 2.52 bits per heavy atom. The molecular formula is C21H26FN3O2. The molecule has 27 heavy (non-hydrogen) atoms. The standard InChI is InChI=1S/C21H26FN3O2/c22-18-5-1-2-6-19(18)24-12-8-17(9-13-24)23-10-4-11-25(15-14-23)21(26)20-7-3-16-27-20/h1-3,5-7,16-17H,4,8-15H2. The highest BCUT2D eigenvalue weighted by Crippen LogP contribution is 2.25. The van der Waals surface area contributed by atoms with Crippen molar-refractivity contribution >= 4 is 11.6 Å². The summed E-state index contributed by atoms with van der Waals surface area (Å²) in [5, 5.41) is 0. The summed E-state index contributed by atoms with van der Waals surface area (Å²) in [6, 6.07) is 11.0. The minimum atomic E-state index is -0.141. The van der Waals surface area contributed by atoms with Crippen LogP contribution in [0.3, 0.4) is 0 Å². The van der Waals surface area contributed by atoms with Gasteiger partial charge in [-0.1, -0.05) is 12.1 Å². The van der Waals surface area contributed by atoms with Crippen molar-refractivity contribution in [2.45, 2.75) is 25.3 Å². The number of carbonyl (C=O) groups is 1. The van der Waals surface area contributed by atoms with Gasteiger partial charge >= 0.3 is 0 Å². The van der Waals surface area contributed by atoms with Crippen LogP contribution >= 0.6 is 0 Å². The topological polar surface area (TPSA) is 39.9 Å². The fourth-order valence-corrected chi connectivity index (χ4v) is 4.24. The first-order valence-electron chi connectivity index (χ1n) is 9.78. The Balaban J connectivity index is 1.32. The van der Waals surface area contributed by atoms with Gasteiger partial charge < -0.3 is 14.2 Å². The number of rotatable bonds is 3. The Labute approximate surface area is 159 Å². The Morgan fingerprint density at radius 2 is 1.78 bits per heavy atom. The molecule has 6 heteroatoms. The number of benzene rings is 1. The monoisotopic (exact) mass is 371 g/mol. The number of para-hydroxylation sites is 1. The summed E-state index contributed by atoms with van der Waals surface area (Å²) in [5.74, 6) is 0.260. The summed E-state index contributed by atoms with van der Waals surface area (Å²) in [7, 11) is 0. The fourth-order valence-electron chi connectivity index (χ4n) is 4.24. The number of hydrogen-bond acceptors (Lipinski definition) is 4. The second-order valence-electron chi connectivity index (χ2n) is 7.33. The second-order valence-corrected chi connectivity index (χ2v) is 7.33. The van der Waals surface area contributed by atoms with Gasteiger partial charge in [-0.05, 0) is 43.5 Å². The van der Waals surface area contributed by atoms with Crippen LogP contribution in [0.25, 0.3) is 0 Å². The first-order valence-corrected chi connectivity index (χ1v) is 9.78. The van der Waals surface area contributed by atoms with Crippen LogP contribution in [-0.2, 0) is 0 Å². The molecule has 3 heterocycles. The third-order valence-electron chi connectivity index (χ3n) is 5.72. The van der Waals surface area contributed by atoms with Gasteiger partial charge in [-0.3, -0.25) is 9.69 Å². The highest BCUT2D eigenvalue weighted by molar-refractivity contribution is 5.91. The molecule has 0 radical (unpaired) electrons. The molecule has 4 rings (SSSR count). The van der Waals surface area contributed by atoms with E-state index in [9.17, 15) is 9.18 Å². The molecule has 0 spiro atoms. The molecule has 0 bridgehead atoms. The lowest BCUT2D eigenvalue weighted by Gasteiger charge is -2.39. The first kappa shape index (κ1) is 18.0. The van der Waals surface area contributed by atoms with E-state index in [0.717, 1.165) is 58.5 Å². The molecule has 0 atom stereocenters. The zero-order valence-electron chi connectivity index (χ0n) is 15.5. The lowest BCUT2D eigenvalue weighted by Crippen LogP contribution is -2.46. The molecule has 0 unspecified atom stereocenters. The number of furan rings is 1. The maximum absolute atomic E-state index is 14.0. The molecule has 5 nitrogen and oxygen atoms in total. The lowest BCUT2D eigenvalue weighted by molar-refractivity contribution is 0.0724. The van der Waals surface area contributed by atoms with E-state index < -0.39 is 0 Å². The van der Waals surface area contributed by atoms with E-state index in [0.29, 0.717) is 17.5 Å². The van der Waals surface area contributed by atoms with E-state index >= 15 is 0 Å². The van der Waals surface area contributed by atoms with Crippen LogP contribution in [0.15, 0.2) is 47.1 Å². The third-order valence-corrected chi connectivity index (χ3v) is 5.72. The van der Waals surface area contributed by atoms with Gasteiger partial charge in [-0.2, -0.15) is 0 Å². The Kier molecular flexibility index (Phi) is 5.43.